The van der Waals surface area contributed by atoms with E-state index in [1.54, 1.807) is 36.3 Å². The molecule has 3 aromatic rings. The van der Waals surface area contributed by atoms with Gasteiger partial charge in [-0.25, -0.2) is 9.97 Å². The van der Waals surface area contributed by atoms with E-state index in [2.05, 4.69) is 33.8 Å². The van der Waals surface area contributed by atoms with E-state index in [0.717, 1.165) is 58.6 Å². The Bertz CT molecular complexity index is 1280. The van der Waals surface area contributed by atoms with Gasteiger partial charge >= 0.3 is 0 Å². The maximum atomic E-state index is 13.0. The number of benzene rings is 1. The predicted octanol–water partition coefficient (Wildman–Crippen LogP) is 4.52. The second-order valence-corrected chi connectivity index (χ2v) is 10.5. The van der Waals surface area contributed by atoms with Crippen molar-refractivity contribution in [2.24, 2.45) is 0 Å². The first kappa shape index (κ1) is 25.9. The van der Waals surface area contributed by atoms with Crippen LogP contribution in [-0.4, -0.2) is 76.9 Å². The number of piperidine rings is 1. The zero-order valence-electron chi connectivity index (χ0n) is 21.1. The van der Waals surface area contributed by atoms with Crippen molar-refractivity contribution in [3.05, 3.63) is 78.3 Å². The molecule has 0 saturated carbocycles. The fraction of sp³-hybridized carbons (Fsp3) is 0.321. The molecule has 4 rings (SSSR count). The van der Waals surface area contributed by atoms with E-state index in [1.807, 2.05) is 49.3 Å². The summed E-state index contributed by atoms with van der Waals surface area (Å²) in [5.41, 5.74) is 3.13. The van der Waals surface area contributed by atoms with Crippen LogP contribution in [0.25, 0.3) is 16.3 Å². The fourth-order valence-electron chi connectivity index (χ4n) is 4.32. The number of nitrogens with zero attached hydrogens (tertiary/aromatic N) is 4. The number of hydrogen-bond donors (Lipinski definition) is 2. The van der Waals surface area contributed by atoms with Gasteiger partial charge in [-0.15, -0.1) is 11.8 Å². The highest BCUT2D eigenvalue weighted by Crippen LogP contribution is 2.30. The number of likely N-dealkylation sites (tertiary alicyclic amines) is 1. The second kappa shape index (κ2) is 11.7. The molecular formula is C28H33N5O2S. The van der Waals surface area contributed by atoms with Gasteiger partial charge in [-0.1, -0.05) is 24.8 Å². The van der Waals surface area contributed by atoms with Crippen molar-refractivity contribution < 1.29 is 9.90 Å². The standard InChI is InChI=1S/C28H33N5O2S/c1-5-24(25(18-34)32(2)3)19-6-7-21-17-30-26(15-22(21)14-19)31-28(35)20-8-11-29-27(16-20)36-23-9-12-33(4)13-10-23/h5-8,11,14-17,23,34H,1,9-10,12-13,18H2,2-4H3,(H,30,31,35)/b25-24+. The Hall–Kier alpha value is -3.20. The van der Waals surface area contributed by atoms with Gasteiger partial charge in [0.1, 0.15) is 5.82 Å². The van der Waals surface area contributed by atoms with Crippen LogP contribution in [0.4, 0.5) is 5.82 Å². The smallest absolute Gasteiger partial charge is 0.256 e. The molecule has 0 bridgehead atoms. The number of aromatic nitrogens is 2. The molecular weight excluding hydrogens is 470 g/mol. The highest BCUT2D eigenvalue weighted by Gasteiger charge is 2.19. The molecule has 1 aromatic carbocycles. The predicted molar refractivity (Wildman–Crippen MR) is 148 cm³/mol. The number of rotatable bonds is 8. The molecule has 1 aliphatic heterocycles. The highest BCUT2D eigenvalue weighted by atomic mass is 32.2. The van der Waals surface area contributed by atoms with E-state index in [0.29, 0.717) is 16.6 Å². The van der Waals surface area contributed by atoms with E-state index in [-0.39, 0.29) is 12.5 Å². The third kappa shape index (κ3) is 6.13. The van der Waals surface area contributed by atoms with Gasteiger partial charge in [-0.3, -0.25) is 4.79 Å². The fourth-order valence-corrected chi connectivity index (χ4v) is 5.43. The van der Waals surface area contributed by atoms with E-state index >= 15 is 0 Å². The number of amides is 1. The summed E-state index contributed by atoms with van der Waals surface area (Å²) in [6.45, 7) is 6.03. The summed E-state index contributed by atoms with van der Waals surface area (Å²) in [5, 5.41) is 16.0. The average molecular weight is 504 g/mol. The van der Waals surface area contributed by atoms with Gasteiger partial charge in [0, 0.05) is 54.0 Å². The third-order valence-corrected chi connectivity index (χ3v) is 7.70. The topological polar surface area (TPSA) is 81.6 Å². The molecule has 0 spiro atoms. The summed E-state index contributed by atoms with van der Waals surface area (Å²) in [5.74, 6) is 0.262. The number of carbonyl (C=O) groups is 1. The van der Waals surface area contributed by atoms with Gasteiger partial charge in [0.15, 0.2) is 0 Å². The van der Waals surface area contributed by atoms with Crippen molar-refractivity contribution in [3.8, 4) is 0 Å². The Morgan fingerprint density at radius 3 is 2.64 bits per heavy atom. The Labute approximate surface area is 216 Å². The normalized spacial score (nSPS) is 15.4. The first-order chi connectivity index (χ1) is 17.4. The van der Waals surface area contributed by atoms with Crippen LogP contribution < -0.4 is 5.32 Å². The van der Waals surface area contributed by atoms with Crippen molar-refractivity contribution in [2.75, 3.05) is 46.2 Å². The molecule has 1 fully saturated rings. The quantitative estimate of drug-likeness (QED) is 0.438. The molecule has 1 aliphatic rings. The van der Waals surface area contributed by atoms with Gasteiger partial charge in [0.05, 0.1) is 11.6 Å². The van der Waals surface area contributed by atoms with Crippen LogP contribution in [0.1, 0.15) is 28.8 Å². The van der Waals surface area contributed by atoms with E-state index in [9.17, 15) is 9.90 Å². The lowest BCUT2D eigenvalue weighted by Crippen LogP contribution is -2.31. The second-order valence-electron chi connectivity index (χ2n) is 9.21. The lowest BCUT2D eigenvalue weighted by Gasteiger charge is -2.28. The monoisotopic (exact) mass is 503 g/mol. The number of anilines is 1. The van der Waals surface area contributed by atoms with E-state index in [4.69, 9.17) is 0 Å². The van der Waals surface area contributed by atoms with Gasteiger partial charge in [0.25, 0.3) is 5.91 Å². The molecule has 7 nitrogen and oxygen atoms in total. The molecule has 1 saturated heterocycles. The molecule has 3 heterocycles. The molecule has 0 radical (unpaired) electrons. The van der Waals surface area contributed by atoms with E-state index in [1.165, 1.54) is 0 Å². The van der Waals surface area contributed by atoms with Crippen molar-refractivity contribution in [3.63, 3.8) is 0 Å². The maximum absolute atomic E-state index is 13.0. The molecule has 2 aromatic heterocycles. The number of allylic oxidation sites excluding steroid dienone is 2. The zero-order valence-corrected chi connectivity index (χ0v) is 21.9. The largest absolute Gasteiger partial charge is 0.390 e. The highest BCUT2D eigenvalue weighted by molar-refractivity contribution is 7.99. The number of nitrogens with one attached hydrogen (secondary N) is 1. The lowest BCUT2D eigenvalue weighted by molar-refractivity contribution is 0.102. The summed E-state index contributed by atoms with van der Waals surface area (Å²) in [7, 11) is 5.94. The summed E-state index contributed by atoms with van der Waals surface area (Å²) in [6, 6.07) is 11.4. The van der Waals surface area contributed by atoms with Crippen molar-refractivity contribution in [1.29, 1.82) is 0 Å². The Balaban J connectivity index is 1.53. The zero-order chi connectivity index (χ0) is 25.7. The number of aliphatic hydroxyl groups is 1. The maximum Gasteiger partial charge on any atom is 0.256 e. The Kier molecular flexibility index (Phi) is 8.40. The molecule has 2 N–H and O–H groups in total. The number of fused-ring (bicyclic) bond motifs is 1. The van der Waals surface area contributed by atoms with Crippen LogP contribution in [0, 0.1) is 0 Å². The summed E-state index contributed by atoms with van der Waals surface area (Å²) in [4.78, 5) is 26.1. The van der Waals surface area contributed by atoms with Crippen LogP contribution in [0.2, 0.25) is 0 Å². The summed E-state index contributed by atoms with van der Waals surface area (Å²) < 4.78 is 0. The molecule has 1 amide bonds. The van der Waals surface area contributed by atoms with Crippen molar-refractivity contribution in [2.45, 2.75) is 23.1 Å². The molecule has 8 heteroatoms. The molecule has 0 atom stereocenters. The first-order valence-electron chi connectivity index (χ1n) is 12.0. The molecule has 0 unspecified atom stereocenters. The minimum Gasteiger partial charge on any atom is -0.390 e. The molecule has 36 heavy (non-hydrogen) atoms. The minimum absolute atomic E-state index is 0.0892. The van der Waals surface area contributed by atoms with Crippen molar-refractivity contribution >= 4 is 39.8 Å². The van der Waals surface area contributed by atoms with Crippen LogP contribution in [0.5, 0.6) is 0 Å². The van der Waals surface area contributed by atoms with Gasteiger partial charge in [0.2, 0.25) is 0 Å². The van der Waals surface area contributed by atoms with Crippen LogP contribution >= 0.6 is 11.8 Å². The van der Waals surface area contributed by atoms with Gasteiger partial charge in [-0.05, 0) is 68.2 Å². The number of aliphatic hydroxyl groups excluding tert-OH is 1. The van der Waals surface area contributed by atoms with E-state index < -0.39 is 0 Å². The summed E-state index contributed by atoms with van der Waals surface area (Å²) in [6.07, 6.45) is 7.44. The lowest BCUT2D eigenvalue weighted by atomic mass is 10.00. The number of likely N-dealkylation sites (N-methyl/N-ethyl adjacent to an activating group) is 1. The number of thioether (sulfide) groups is 1. The third-order valence-electron chi connectivity index (χ3n) is 6.43. The number of carbonyl (C=O) groups excluding carboxylic acids is 1. The van der Waals surface area contributed by atoms with Crippen LogP contribution in [0.15, 0.2) is 72.2 Å². The number of pyridine rings is 2. The average Bonchev–Trinajstić information content (AvgIpc) is 2.88. The summed E-state index contributed by atoms with van der Waals surface area (Å²) >= 11 is 1.75. The van der Waals surface area contributed by atoms with Crippen molar-refractivity contribution in [1.82, 2.24) is 19.8 Å². The van der Waals surface area contributed by atoms with Crippen LogP contribution in [0.3, 0.4) is 0 Å². The molecule has 188 valence electrons. The van der Waals surface area contributed by atoms with Gasteiger partial charge < -0.3 is 20.2 Å². The minimum atomic E-state index is -0.215. The Morgan fingerprint density at radius 2 is 1.94 bits per heavy atom. The van der Waals surface area contributed by atoms with Gasteiger partial charge in [-0.2, -0.15) is 0 Å². The Morgan fingerprint density at radius 1 is 1.17 bits per heavy atom. The van der Waals surface area contributed by atoms with Crippen LogP contribution in [-0.2, 0) is 0 Å². The first-order valence-corrected chi connectivity index (χ1v) is 12.9. The number of hydrogen-bond acceptors (Lipinski definition) is 7. The SMILES string of the molecule is C=C/C(=C(/CO)N(C)C)c1ccc2cnc(NC(=O)c3ccnc(SC4CCN(C)CC4)c3)cc2c1. The molecule has 0 aliphatic carbocycles.